The summed E-state index contributed by atoms with van der Waals surface area (Å²) in [6.45, 7) is 16.9. The van der Waals surface area contributed by atoms with E-state index < -0.39 is 0 Å². The van der Waals surface area contributed by atoms with Gasteiger partial charge in [-0.25, -0.2) is 4.79 Å². The van der Waals surface area contributed by atoms with Gasteiger partial charge in [0.2, 0.25) is 0 Å². The first kappa shape index (κ1) is 17.2. The van der Waals surface area contributed by atoms with Crippen molar-refractivity contribution in [3.05, 3.63) is 12.2 Å². The van der Waals surface area contributed by atoms with E-state index >= 15 is 0 Å². The van der Waals surface area contributed by atoms with Gasteiger partial charge in [0.1, 0.15) is 13.2 Å². The zero-order valence-electron chi connectivity index (χ0n) is 12.6. The Morgan fingerprint density at radius 3 is 1.78 bits per heavy atom. The van der Waals surface area contributed by atoms with E-state index in [0.29, 0.717) is 12.2 Å². The van der Waals surface area contributed by atoms with Crippen molar-refractivity contribution in [1.82, 2.24) is 0 Å². The van der Waals surface area contributed by atoms with Crippen LogP contribution in [0.5, 0.6) is 0 Å². The maximum absolute atomic E-state index is 11.4. The summed E-state index contributed by atoms with van der Waals surface area (Å²) < 4.78 is 6.32. The van der Waals surface area contributed by atoms with Crippen LogP contribution in [0.3, 0.4) is 0 Å². The van der Waals surface area contributed by atoms with Crippen LogP contribution in [0.2, 0.25) is 0 Å². The molecule has 0 aromatic heterocycles. The van der Waals surface area contributed by atoms with Crippen LogP contribution in [0.4, 0.5) is 0 Å². The molecule has 0 saturated carbocycles. The standard InChI is InChI=1S/C15H30NO2/c1-6-9-16(10-7-2,11-8-3)12-13-18-15(17)14(4)5/h4,6-13H2,1-3,5H3/q+1. The Balaban J connectivity index is 4.37. The van der Waals surface area contributed by atoms with Crippen LogP contribution in [0.15, 0.2) is 12.2 Å². The van der Waals surface area contributed by atoms with Crippen molar-refractivity contribution >= 4 is 5.97 Å². The molecule has 0 amide bonds. The summed E-state index contributed by atoms with van der Waals surface area (Å²) in [6, 6.07) is 0. The minimum atomic E-state index is -0.266. The number of nitrogens with zero attached hydrogens (tertiary/aromatic N) is 1. The molecule has 0 aliphatic heterocycles. The molecule has 3 nitrogen and oxygen atoms in total. The summed E-state index contributed by atoms with van der Waals surface area (Å²) in [5.41, 5.74) is 0.481. The molecule has 0 atom stereocenters. The number of quaternary nitrogens is 1. The molecule has 0 aromatic carbocycles. The highest BCUT2D eigenvalue weighted by Gasteiger charge is 2.24. The molecule has 0 heterocycles. The zero-order chi connectivity index (χ0) is 14.0. The third kappa shape index (κ3) is 6.20. The van der Waals surface area contributed by atoms with Gasteiger partial charge in [0.25, 0.3) is 0 Å². The highest BCUT2D eigenvalue weighted by molar-refractivity contribution is 5.86. The van der Waals surface area contributed by atoms with Crippen LogP contribution < -0.4 is 0 Å². The highest BCUT2D eigenvalue weighted by atomic mass is 16.5. The van der Waals surface area contributed by atoms with Gasteiger partial charge < -0.3 is 9.22 Å². The molecule has 0 aliphatic rings. The largest absolute Gasteiger partial charge is 0.456 e. The van der Waals surface area contributed by atoms with Crippen LogP contribution in [0, 0.1) is 0 Å². The maximum Gasteiger partial charge on any atom is 0.333 e. The van der Waals surface area contributed by atoms with Crippen molar-refractivity contribution in [2.24, 2.45) is 0 Å². The summed E-state index contributed by atoms with van der Waals surface area (Å²) in [5, 5.41) is 0. The fourth-order valence-electron chi connectivity index (χ4n) is 2.55. The van der Waals surface area contributed by atoms with Gasteiger partial charge >= 0.3 is 5.97 Å². The molecule has 0 fully saturated rings. The minimum absolute atomic E-state index is 0.266. The second-order valence-corrected chi connectivity index (χ2v) is 5.15. The van der Waals surface area contributed by atoms with E-state index in [9.17, 15) is 4.79 Å². The molecule has 0 unspecified atom stereocenters. The average Bonchev–Trinajstić information content (AvgIpc) is 2.29. The lowest BCUT2D eigenvalue weighted by atomic mass is 10.2. The van der Waals surface area contributed by atoms with Gasteiger partial charge in [-0.05, 0) is 26.2 Å². The smallest absolute Gasteiger partial charge is 0.333 e. The van der Waals surface area contributed by atoms with Gasteiger partial charge in [0, 0.05) is 5.57 Å². The zero-order valence-corrected chi connectivity index (χ0v) is 12.6. The van der Waals surface area contributed by atoms with Crippen LogP contribution in [-0.4, -0.2) is 43.2 Å². The summed E-state index contributed by atoms with van der Waals surface area (Å²) in [5.74, 6) is -0.266. The fraction of sp³-hybridized carbons (Fsp3) is 0.800. The van der Waals surface area contributed by atoms with Crippen molar-refractivity contribution in [2.75, 3.05) is 32.8 Å². The fourth-order valence-corrected chi connectivity index (χ4v) is 2.55. The van der Waals surface area contributed by atoms with Gasteiger partial charge in [0.05, 0.1) is 19.6 Å². The third-order valence-electron chi connectivity index (χ3n) is 3.24. The number of hydrogen-bond acceptors (Lipinski definition) is 2. The molecule has 0 radical (unpaired) electrons. The Morgan fingerprint density at radius 2 is 1.44 bits per heavy atom. The van der Waals surface area contributed by atoms with Crippen molar-refractivity contribution in [2.45, 2.75) is 47.0 Å². The number of carbonyl (C=O) groups excluding carboxylic acids is 1. The summed E-state index contributed by atoms with van der Waals surface area (Å²) in [6.07, 6.45) is 3.53. The minimum Gasteiger partial charge on any atom is -0.456 e. The van der Waals surface area contributed by atoms with E-state index in [4.69, 9.17) is 4.74 Å². The molecule has 0 aromatic rings. The molecule has 0 spiro atoms. The average molecular weight is 256 g/mol. The van der Waals surface area contributed by atoms with Gasteiger partial charge in [-0.3, -0.25) is 0 Å². The number of rotatable bonds is 10. The molecule has 3 heteroatoms. The first-order chi connectivity index (χ1) is 8.51. The van der Waals surface area contributed by atoms with E-state index in [0.717, 1.165) is 11.0 Å². The van der Waals surface area contributed by atoms with Crippen LogP contribution in [0.1, 0.15) is 47.0 Å². The predicted molar refractivity (Wildman–Crippen MR) is 76.4 cm³/mol. The molecule has 0 rings (SSSR count). The monoisotopic (exact) mass is 256 g/mol. The van der Waals surface area contributed by atoms with E-state index in [1.165, 1.54) is 38.9 Å². The van der Waals surface area contributed by atoms with Crippen LogP contribution in [0.25, 0.3) is 0 Å². The molecule has 18 heavy (non-hydrogen) atoms. The molecular formula is C15H30NO2+. The van der Waals surface area contributed by atoms with Crippen molar-refractivity contribution in [1.29, 1.82) is 0 Å². The molecule has 0 aliphatic carbocycles. The Kier molecular flexibility index (Phi) is 8.73. The Hall–Kier alpha value is -0.830. The normalized spacial score (nSPS) is 11.3. The lowest BCUT2D eigenvalue weighted by molar-refractivity contribution is -0.928. The number of ether oxygens (including phenoxy) is 1. The first-order valence-electron chi connectivity index (χ1n) is 7.19. The SMILES string of the molecule is C=C(C)C(=O)OCC[N+](CCC)(CCC)CCC. The van der Waals surface area contributed by atoms with E-state index in [1.807, 2.05) is 0 Å². The van der Waals surface area contributed by atoms with E-state index in [-0.39, 0.29) is 5.97 Å². The predicted octanol–water partition coefficient (Wildman–Crippen LogP) is 3.15. The quantitative estimate of drug-likeness (QED) is 0.341. The van der Waals surface area contributed by atoms with Crippen molar-refractivity contribution in [3.63, 3.8) is 0 Å². The van der Waals surface area contributed by atoms with Crippen LogP contribution in [-0.2, 0) is 9.53 Å². The second kappa shape index (κ2) is 9.15. The van der Waals surface area contributed by atoms with E-state index in [2.05, 4.69) is 27.4 Å². The number of esters is 1. The van der Waals surface area contributed by atoms with Gasteiger partial charge in [-0.2, -0.15) is 0 Å². The maximum atomic E-state index is 11.4. The lowest BCUT2D eigenvalue weighted by Gasteiger charge is -2.38. The number of hydrogen-bond donors (Lipinski definition) is 0. The van der Waals surface area contributed by atoms with Crippen molar-refractivity contribution < 1.29 is 14.0 Å². The summed E-state index contributed by atoms with van der Waals surface area (Å²) in [7, 11) is 0. The lowest BCUT2D eigenvalue weighted by Crippen LogP contribution is -2.51. The Morgan fingerprint density at radius 1 is 1.00 bits per heavy atom. The third-order valence-corrected chi connectivity index (χ3v) is 3.24. The molecular weight excluding hydrogens is 226 g/mol. The molecule has 106 valence electrons. The molecule has 0 N–H and O–H groups in total. The van der Waals surface area contributed by atoms with Crippen LogP contribution >= 0.6 is 0 Å². The topological polar surface area (TPSA) is 26.3 Å². The Labute approximate surface area is 112 Å². The van der Waals surface area contributed by atoms with Gasteiger partial charge in [0.15, 0.2) is 0 Å². The second-order valence-electron chi connectivity index (χ2n) is 5.15. The molecule has 0 bridgehead atoms. The Bertz CT molecular complexity index is 244. The summed E-state index contributed by atoms with van der Waals surface area (Å²) in [4.78, 5) is 11.4. The summed E-state index contributed by atoms with van der Waals surface area (Å²) >= 11 is 0. The van der Waals surface area contributed by atoms with Crippen molar-refractivity contribution in [3.8, 4) is 0 Å². The molecule has 0 saturated heterocycles. The van der Waals surface area contributed by atoms with Gasteiger partial charge in [-0.1, -0.05) is 27.4 Å². The number of carbonyl (C=O) groups is 1. The van der Waals surface area contributed by atoms with Gasteiger partial charge in [-0.15, -0.1) is 0 Å². The highest BCUT2D eigenvalue weighted by Crippen LogP contribution is 2.11. The first-order valence-corrected chi connectivity index (χ1v) is 7.19. The van der Waals surface area contributed by atoms with E-state index in [1.54, 1.807) is 6.92 Å².